The number of urea groups is 1. The first-order chi connectivity index (χ1) is 12.8. The molecule has 1 atom stereocenters. The third-order valence-corrected chi connectivity index (χ3v) is 3.85. The highest BCUT2D eigenvalue weighted by molar-refractivity contribution is 5.96. The number of hydrogen-bond donors (Lipinski definition) is 2. The van der Waals surface area contributed by atoms with Crippen molar-refractivity contribution in [3.05, 3.63) is 66.2 Å². The minimum atomic E-state index is -4.54. The van der Waals surface area contributed by atoms with Crippen LogP contribution >= 0.6 is 0 Å². The normalized spacial score (nSPS) is 12.1. The highest BCUT2D eigenvalue weighted by atomic mass is 19.4. The Morgan fingerprint density at radius 2 is 1.56 bits per heavy atom. The molecule has 144 valence electrons. The van der Waals surface area contributed by atoms with Crippen molar-refractivity contribution in [2.45, 2.75) is 19.1 Å². The molecule has 0 heterocycles. The summed E-state index contributed by atoms with van der Waals surface area (Å²) in [6.07, 6.45) is -4.54. The molecule has 0 saturated carbocycles. The van der Waals surface area contributed by atoms with Gasteiger partial charge in [-0.3, -0.25) is 10.1 Å². The summed E-state index contributed by atoms with van der Waals surface area (Å²) in [4.78, 5) is 25.5. The Hall–Kier alpha value is -3.03. The predicted molar refractivity (Wildman–Crippen MR) is 96.2 cm³/mol. The van der Waals surface area contributed by atoms with Crippen LogP contribution in [0.5, 0.6) is 0 Å². The fraction of sp³-hybridized carbons (Fsp3) is 0.263. The summed E-state index contributed by atoms with van der Waals surface area (Å²) >= 11 is 0. The molecule has 0 fully saturated rings. The molecule has 8 heteroatoms. The lowest BCUT2D eigenvalue weighted by Gasteiger charge is -2.31. The van der Waals surface area contributed by atoms with Crippen molar-refractivity contribution < 1.29 is 22.8 Å². The molecular formula is C19H20F3N3O2. The number of para-hydroxylation sites is 1. The summed E-state index contributed by atoms with van der Waals surface area (Å²) in [6, 6.07) is 17.2. The minimum Gasteiger partial charge on any atom is -0.355 e. The lowest BCUT2D eigenvalue weighted by molar-refractivity contribution is -0.124. The van der Waals surface area contributed by atoms with Crippen LogP contribution in [-0.4, -0.2) is 31.2 Å². The zero-order chi connectivity index (χ0) is 19.9. The molecule has 0 aliphatic carbocycles. The van der Waals surface area contributed by atoms with Crippen molar-refractivity contribution >= 4 is 17.6 Å². The SMILES string of the molecule is C[C@@H](c1ccccc1)N(CC(=O)NC(=O)NCC(F)(F)F)c1ccccc1. The first-order valence-corrected chi connectivity index (χ1v) is 8.27. The molecule has 0 aromatic heterocycles. The number of hydrogen-bond acceptors (Lipinski definition) is 3. The number of rotatable bonds is 6. The maximum absolute atomic E-state index is 12.2. The summed E-state index contributed by atoms with van der Waals surface area (Å²) in [5.41, 5.74) is 1.70. The van der Waals surface area contributed by atoms with E-state index in [4.69, 9.17) is 0 Å². The number of anilines is 1. The fourth-order valence-electron chi connectivity index (χ4n) is 2.53. The summed E-state index contributed by atoms with van der Waals surface area (Å²) in [6.45, 7) is 0.202. The summed E-state index contributed by atoms with van der Waals surface area (Å²) in [7, 11) is 0. The van der Waals surface area contributed by atoms with E-state index >= 15 is 0 Å². The molecule has 27 heavy (non-hydrogen) atoms. The third kappa shape index (κ3) is 6.65. The van der Waals surface area contributed by atoms with Gasteiger partial charge in [0.25, 0.3) is 0 Å². The second kappa shape index (κ2) is 9.07. The van der Waals surface area contributed by atoms with E-state index in [1.807, 2.05) is 72.9 Å². The molecule has 0 aliphatic heterocycles. The number of imide groups is 1. The van der Waals surface area contributed by atoms with Crippen LogP contribution in [-0.2, 0) is 4.79 Å². The Morgan fingerprint density at radius 1 is 1.00 bits per heavy atom. The van der Waals surface area contributed by atoms with Crippen LogP contribution in [0.3, 0.4) is 0 Å². The van der Waals surface area contributed by atoms with Crippen molar-refractivity contribution in [2.75, 3.05) is 18.0 Å². The summed E-state index contributed by atoms with van der Waals surface area (Å²) < 4.78 is 36.4. The monoisotopic (exact) mass is 379 g/mol. The van der Waals surface area contributed by atoms with E-state index in [-0.39, 0.29) is 12.6 Å². The molecule has 0 unspecified atom stereocenters. The van der Waals surface area contributed by atoms with Crippen molar-refractivity contribution in [3.8, 4) is 0 Å². The van der Waals surface area contributed by atoms with Crippen LogP contribution in [0.25, 0.3) is 0 Å². The highest BCUT2D eigenvalue weighted by Crippen LogP contribution is 2.26. The van der Waals surface area contributed by atoms with E-state index in [2.05, 4.69) is 0 Å². The molecule has 2 rings (SSSR count). The van der Waals surface area contributed by atoms with E-state index in [9.17, 15) is 22.8 Å². The molecule has 0 spiro atoms. The average molecular weight is 379 g/mol. The van der Waals surface area contributed by atoms with Crippen molar-refractivity contribution in [2.24, 2.45) is 0 Å². The van der Waals surface area contributed by atoms with Crippen molar-refractivity contribution in [1.29, 1.82) is 0 Å². The average Bonchev–Trinajstić information content (AvgIpc) is 2.65. The van der Waals surface area contributed by atoms with Gasteiger partial charge in [-0.15, -0.1) is 0 Å². The van der Waals surface area contributed by atoms with E-state index in [1.165, 1.54) is 0 Å². The van der Waals surface area contributed by atoms with Gasteiger partial charge in [-0.05, 0) is 24.6 Å². The molecule has 2 aromatic rings. The van der Waals surface area contributed by atoms with Gasteiger partial charge in [0.2, 0.25) is 5.91 Å². The van der Waals surface area contributed by atoms with Gasteiger partial charge in [-0.2, -0.15) is 13.2 Å². The van der Waals surface area contributed by atoms with Gasteiger partial charge in [-0.1, -0.05) is 48.5 Å². The lowest BCUT2D eigenvalue weighted by Crippen LogP contribution is -2.47. The van der Waals surface area contributed by atoms with Crippen LogP contribution in [0.4, 0.5) is 23.7 Å². The number of benzene rings is 2. The smallest absolute Gasteiger partial charge is 0.355 e. The van der Waals surface area contributed by atoms with Crippen molar-refractivity contribution in [1.82, 2.24) is 10.6 Å². The van der Waals surface area contributed by atoms with Gasteiger partial charge >= 0.3 is 12.2 Å². The maximum atomic E-state index is 12.2. The second-order valence-corrected chi connectivity index (χ2v) is 5.90. The molecule has 2 aromatic carbocycles. The Kier molecular flexibility index (Phi) is 6.81. The molecule has 0 saturated heterocycles. The number of amides is 3. The Morgan fingerprint density at radius 3 is 2.11 bits per heavy atom. The predicted octanol–water partition coefficient (Wildman–Crippen LogP) is 3.64. The standard InChI is InChI=1S/C19H20F3N3O2/c1-14(15-8-4-2-5-9-15)25(16-10-6-3-7-11-16)12-17(26)24-18(27)23-13-19(20,21)22/h2-11,14H,12-13H2,1H3,(H2,23,24,26,27)/t14-/m0/s1. The number of alkyl halides is 3. The summed E-state index contributed by atoms with van der Waals surface area (Å²) in [5, 5.41) is 3.54. The molecule has 0 aliphatic rings. The van der Waals surface area contributed by atoms with Gasteiger partial charge in [0.15, 0.2) is 0 Å². The van der Waals surface area contributed by atoms with E-state index in [1.54, 1.807) is 10.2 Å². The van der Waals surface area contributed by atoms with E-state index in [0.29, 0.717) is 0 Å². The first-order valence-electron chi connectivity index (χ1n) is 8.27. The molecule has 3 amide bonds. The number of carbonyl (C=O) groups is 2. The van der Waals surface area contributed by atoms with Crippen LogP contribution in [0.15, 0.2) is 60.7 Å². The molecule has 2 N–H and O–H groups in total. The number of nitrogens with zero attached hydrogens (tertiary/aromatic N) is 1. The Labute approximate surface area is 155 Å². The molecular weight excluding hydrogens is 359 g/mol. The molecule has 5 nitrogen and oxygen atoms in total. The molecule has 0 radical (unpaired) electrons. The van der Waals surface area contributed by atoms with Crippen LogP contribution in [0.2, 0.25) is 0 Å². The van der Waals surface area contributed by atoms with Gasteiger partial charge in [0.1, 0.15) is 6.54 Å². The van der Waals surface area contributed by atoms with Crippen LogP contribution < -0.4 is 15.5 Å². The van der Waals surface area contributed by atoms with Gasteiger partial charge in [-0.25, -0.2) is 4.79 Å². The van der Waals surface area contributed by atoms with E-state index in [0.717, 1.165) is 11.3 Å². The fourth-order valence-corrected chi connectivity index (χ4v) is 2.53. The number of nitrogens with one attached hydrogen (secondary N) is 2. The van der Waals surface area contributed by atoms with Gasteiger partial charge in [0.05, 0.1) is 12.6 Å². The number of carbonyl (C=O) groups excluding carboxylic acids is 2. The Balaban J connectivity index is 2.08. The zero-order valence-electron chi connectivity index (χ0n) is 14.7. The van der Waals surface area contributed by atoms with Crippen LogP contribution in [0, 0.1) is 0 Å². The highest BCUT2D eigenvalue weighted by Gasteiger charge is 2.28. The molecule has 0 bridgehead atoms. The maximum Gasteiger partial charge on any atom is 0.405 e. The zero-order valence-corrected chi connectivity index (χ0v) is 14.7. The Bertz CT molecular complexity index is 752. The largest absolute Gasteiger partial charge is 0.405 e. The van der Waals surface area contributed by atoms with Gasteiger partial charge in [0, 0.05) is 5.69 Å². The topological polar surface area (TPSA) is 61.4 Å². The van der Waals surface area contributed by atoms with Crippen molar-refractivity contribution in [3.63, 3.8) is 0 Å². The second-order valence-electron chi connectivity index (χ2n) is 5.90. The van der Waals surface area contributed by atoms with E-state index < -0.39 is 24.7 Å². The quantitative estimate of drug-likeness (QED) is 0.806. The lowest BCUT2D eigenvalue weighted by atomic mass is 10.1. The first kappa shape index (κ1) is 20.3. The summed E-state index contributed by atoms with van der Waals surface area (Å²) in [5.74, 6) is -0.707. The minimum absolute atomic E-state index is 0.195. The number of halogens is 3. The van der Waals surface area contributed by atoms with Crippen LogP contribution in [0.1, 0.15) is 18.5 Å². The van der Waals surface area contributed by atoms with Gasteiger partial charge < -0.3 is 10.2 Å². The third-order valence-electron chi connectivity index (χ3n) is 3.85.